The van der Waals surface area contributed by atoms with Gasteiger partial charge in [-0.2, -0.15) is 0 Å². The Bertz CT molecular complexity index is 644. The summed E-state index contributed by atoms with van der Waals surface area (Å²) in [5.74, 6) is 0. The van der Waals surface area contributed by atoms with E-state index in [2.05, 4.69) is 63.5 Å². The van der Waals surface area contributed by atoms with Gasteiger partial charge in [-0.25, -0.2) is 0 Å². The second-order valence-corrected chi connectivity index (χ2v) is 4.67. The summed E-state index contributed by atoms with van der Waals surface area (Å²) in [6.45, 7) is 1.70. The molecule has 20 heavy (non-hydrogen) atoms. The zero-order valence-electron chi connectivity index (χ0n) is 11.2. The van der Waals surface area contributed by atoms with Crippen molar-refractivity contribution >= 4 is 0 Å². The summed E-state index contributed by atoms with van der Waals surface area (Å²) in [6.07, 6.45) is 5.73. The van der Waals surface area contributed by atoms with E-state index < -0.39 is 0 Å². The van der Waals surface area contributed by atoms with E-state index in [9.17, 15) is 0 Å². The Morgan fingerprint density at radius 2 is 1.80 bits per heavy atom. The first-order chi connectivity index (χ1) is 9.93. The van der Waals surface area contributed by atoms with Gasteiger partial charge in [-0.05, 0) is 29.8 Å². The Balaban J connectivity index is 1.66. The molecular formula is C17H17N3. The Labute approximate surface area is 118 Å². The third kappa shape index (κ3) is 2.95. The van der Waals surface area contributed by atoms with Crippen LogP contribution in [-0.2, 0) is 13.1 Å². The highest BCUT2D eigenvalue weighted by Gasteiger charge is 2.02. The normalized spacial score (nSPS) is 10.6. The number of nitrogens with one attached hydrogen (secondary N) is 1. The van der Waals surface area contributed by atoms with Crippen molar-refractivity contribution in [1.82, 2.24) is 14.9 Å². The molecule has 1 N–H and O–H groups in total. The van der Waals surface area contributed by atoms with E-state index in [0.717, 1.165) is 18.8 Å². The van der Waals surface area contributed by atoms with Crippen LogP contribution in [-0.4, -0.2) is 9.55 Å². The molecule has 0 saturated heterocycles. The molecule has 1 aromatic carbocycles. The van der Waals surface area contributed by atoms with Gasteiger partial charge in [-0.3, -0.25) is 4.98 Å². The number of hydrogen-bond acceptors (Lipinski definition) is 2. The second kappa shape index (κ2) is 6.17. The first-order valence-corrected chi connectivity index (χ1v) is 6.75. The maximum absolute atomic E-state index is 4.17. The molecule has 0 unspecified atom stereocenters. The van der Waals surface area contributed by atoms with Crippen LogP contribution in [0.15, 0.2) is 73.2 Å². The first kappa shape index (κ1) is 12.6. The van der Waals surface area contributed by atoms with Gasteiger partial charge in [-0.1, -0.05) is 30.3 Å². The molecule has 3 heteroatoms. The van der Waals surface area contributed by atoms with Crippen molar-refractivity contribution in [3.63, 3.8) is 0 Å². The molecule has 0 radical (unpaired) electrons. The number of hydrogen-bond donors (Lipinski definition) is 1. The van der Waals surface area contributed by atoms with Crippen LogP contribution in [0.25, 0.3) is 5.69 Å². The lowest BCUT2D eigenvalue weighted by atomic mass is 10.2. The number of benzene rings is 1. The molecule has 0 spiro atoms. The van der Waals surface area contributed by atoms with Gasteiger partial charge in [0.2, 0.25) is 0 Å². The number of nitrogens with zero attached hydrogens (tertiary/aromatic N) is 2. The third-order valence-corrected chi connectivity index (χ3v) is 3.24. The van der Waals surface area contributed by atoms with Crippen LogP contribution in [0.4, 0.5) is 0 Å². The quantitative estimate of drug-likeness (QED) is 0.766. The highest BCUT2D eigenvalue weighted by molar-refractivity contribution is 5.32. The SMILES string of the molecule is c1ccc(CNCc2cccn2-c2cccnc2)cc1. The summed E-state index contributed by atoms with van der Waals surface area (Å²) < 4.78 is 2.16. The molecule has 0 atom stereocenters. The van der Waals surface area contributed by atoms with Gasteiger partial charge in [-0.15, -0.1) is 0 Å². The lowest BCUT2D eigenvalue weighted by Gasteiger charge is -2.10. The van der Waals surface area contributed by atoms with E-state index in [1.54, 1.807) is 6.20 Å². The van der Waals surface area contributed by atoms with Gasteiger partial charge in [0, 0.05) is 31.2 Å². The molecule has 0 aliphatic heterocycles. The Kier molecular flexibility index (Phi) is 3.90. The molecule has 0 bridgehead atoms. The van der Waals surface area contributed by atoms with Crippen molar-refractivity contribution in [3.8, 4) is 5.69 Å². The molecule has 2 heterocycles. The van der Waals surface area contributed by atoms with Gasteiger partial charge < -0.3 is 9.88 Å². The van der Waals surface area contributed by atoms with E-state index in [-0.39, 0.29) is 0 Å². The van der Waals surface area contributed by atoms with E-state index in [1.807, 2.05) is 18.3 Å². The second-order valence-electron chi connectivity index (χ2n) is 4.67. The van der Waals surface area contributed by atoms with Crippen LogP contribution in [0, 0.1) is 0 Å². The van der Waals surface area contributed by atoms with Crippen LogP contribution >= 0.6 is 0 Å². The summed E-state index contributed by atoms with van der Waals surface area (Å²) in [6, 6.07) is 18.6. The fourth-order valence-corrected chi connectivity index (χ4v) is 2.24. The smallest absolute Gasteiger partial charge is 0.0636 e. The minimum atomic E-state index is 0.830. The Morgan fingerprint density at radius 3 is 2.60 bits per heavy atom. The summed E-state index contributed by atoms with van der Waals surface area (Å²) in [5, 5.41) is 3.47. The Morgan fingerprint density at radius 1 is 0.900 bits per heavy atom. The number of aromatic nitrogens is 2. The highest BCUT2D eigenvalue weighted by Crippen LogP contribution is 2.11. The van der Waals surface area contributed by atoms with Crippen molar-refractivity contribution < 1.29 is 0 Å². The van der Waals surface area contributed by atoms with E-state index >= 15 is 0 Å². The number of pyridine rings is 1. The molecule has 100 valence electrons. The number of rotatable bonds is 5. The summed E-state index contributed by atoms with van der Waals surface area (Å²) in [4.78, 5) is 4.17. The van der Waals surface area contributed by atoms with Crippen LogP contribution in [0.5, 0.6) is 0 Å². The summed E-state index contributed by atoms with van der Waals surface area (Å²) in [7, 11) is 0. The van der Waals surface area contributed by atoms with Crippen molar-refractivity contribution in [1.29, 1.82) is 0 Å². The average molecular weight is 263 g/mol. The van der Waals surface area contributed by atoms with Crippen LogP contribution < -0.4 is 5.32 Å². The average Bonchev–Trinajstić information content (AvgIpc) is 2.98. The van der Waals surface area contributed by atoms with Gasteiger partial charge >= 0.3 is 0 Å². The third-order valence-electron chi connectivity index (χ3n) is 3.24. The maximum atomic E-state index is 4.17. The fourth-order valence-electron chi connectivity index (χ4n) is 2.24. The van der Waals surface area contributed by atoms with Crippen molar-refractivity contribution in [3.05, 3.63) is 84.4 Å². The predicted molar refractivity (Wildman–Crippen MR) is 80.5 cm³/mol. The zero-order valence-corrected chi connectivity index (χ0v) is 11.2. The summed E-state index contributed by atoms with van der Waals surface area (Å²) in [5.41, 5.74) is 3.62. The van der Waals surface area contributed by atoms with Crippen molar-refractivity contribution in [2.24, 2.45) is 0 Å². The molecule has 0 amide bonds. The van der Waals surface area contributed by atoms with Gasteiger partial charge in [0.25, 0.3) is 0 Å². The molecule has 3 rings (SSSR count). The fraction of sp³-hybridized carbons (Fsp3) is 0.118. The van der Waals surface area contributed by atoms with E-state index in [4.69, 9.17) is 0 Å². The molecule has 0 aliphatic carbocycles. The molecular weight excluding hydrogens is 246 g/mol. The van der Waals surface area contributed by atoms with Crippen LogP contribution in [0.1, 0.15) is 11.3 Å². The monoisotopic (exact) mass is 263 g/mol. The molecule has 0 saturated carbocycles. The maximum Gasteiger partial charge on any atom is 0.0636 e. The van der Waals surface area contributed by atoms with Gasteiger partial charge in [0.15, 0.2) is 0 Å². The van der Waals surface area contributed by atoms with Gasteiger partial charge in [0.1, 0.15) is 0 Å². The summed E-state index contributed by atoms with van der Waals surface area (Å²) >= 11 is 0. The Hall–Kier alpha value is -2.39. The largest absolute Gasteiger partial charge is 0.318 e. The standard InChI is InChI=1S/C17H17N3/c1-2-6-15(7-3-1)12-19-14-17-9-5-11-20(17)16-8-4-10-18-13-16/h1-11,13,19H,12,14H2. The molecule has 3 aromatic rings. The minimum absolute atomic E-state index is 0.830. The molecule has 0 aliphatic rings. The van der Waals surface area contributed by atoms with E-state index in [1.165, 1.54) is 11.3 Å². The molecule has 0 fully saturated rings. The predicted octanol–water partition coefficient (Wildman–Crippen LogP) is 3.16. The van der Waals surface area contributed by atoms with E-state index in [0.29, 0.717) is 0 Å². The minimum Gasteiger partial charge on any atom is -0.318 e. The lowest BCUT2D eigenvalue weighted by Crippen LogP contribution is -2.15. The van der Waals surface area contributed by atoms with Gasteiger partial charge in [0.05, 0.1) is 11.9 Å². The van der Waals surface area contributed by atoms with Crippen molar-refractivity contribution in [2.75, 3.05) is 0 Å². The van der Waals surface area contributed by atoms with Crippen LogP contribution in [0.3, 0.4) is 0 Å². The zero-order chi connectivity index (χ0) is 13.6. The molecule has 3 nitrogen and oxygen atoms in total. The highest BCUT2D eigenvalue weighted by atomic mass is 15.0. The lowest BCUT2D eigenvalue weighted by molar-refractivity contribution is 0.669. The topological polar surface area (TPSA) is 29.9 Å². The molecule has 2 aromatic heterocycles. The first-order valence-electron chi connectivity index (χ1n) is 6.75. The van der Waals surface area contributed by atoms with Crippen molar-refractivity contribution in [2.45, 2.75) is 13.1 Å². The van der Waals surface area contributed by atoms with Crippen LogP contribution in [0.2, 0.25) is 0 Å².